The van der Waals surface area contributed by atoms with Crippen molar-refractivity contribution < 1.29 is 77.3 Å². The molecule has 1 rings (SSSR count). The molecule has 25 heavy (non-hydrogen) atoms. The number of carboxylic acid groups (broad SMARTS) is 3. The summed E-state index contributed by atoms with van der Waals surface area (Å²) >= 11 is 0. The number of benzene rings is 1. The molecule has 0 heterocycles. The summed E-state index contributed by atoms with van der Waals surface area (Å²) in [5.41, 5.74) is -2.21. The number of aliphatic carboxylic acids is 3. The van der Waals surface area contributed by atoms with E-state index in [-0.39, 0.29) is 29.6 Å². The van der Waals surface area contributed by atoms with Crippen LogP contribution >= 0.6 is 0 Å². The van der Waals surface area contributed by atoms with Crippen LogP contribution in [0.2, 0.25) is 0 Å². The number of hydrogen-bond donors (Lipinski definition) is 4. The largest absolute Gasteiger partial charge is 1.00 e. The zero-order valence-electron chi connectivity index (χ0n) is 13.2. The predicted octanol–water partition coefficient (Wildman–Crippen LogP) is -3.51. The third kappa shape index (κ3) is 12.5. The Morgan fingerprint density at radius 2 is 1.36 bits per heavy atom. The van der Waals surface area contributed by atoms with E-state index in [9.17, 15) is 27.4 Å². The van der Waals surface area contributed by atoms with Gasteiger partial charge in [-0.2, -0.15) is 0 Å². The van der Waals surface area contributed by atoms with Crippen molar-refractivity contribution in [2.24, 2.45) is 0 Å². The van der Waals surface area contributed by atoms with Crippen LogP contribution in [0.15, 0.2) is 30.3 Å². The van der Waals surface area contributed by atoms with E-state index in [1.807, 2.05) is 0 Å². The third-order valence-electron chi connectivity index (χ3n) is 2.47. The molecular weight excluding hydrogens is 371 g/mol. The second-order valence-corrected chi connectivity index (χ2v) is 6.07. The first-order valence-electron chi connectivity index (χ1n) is 6.22. The maximum absolute atomic E-state index is 10.3. The Bertz CT molecular complexity index is 670. The van der Waals surface area contributed by atoms with E-state index in [0.717, 1.165) is 0 Å². The first-order chi connectivity index (χ1) is 10.9. The second kappa shape index (κ2) is 11.2. The second-order valence-electron chi connectivity index (χ2n) is 4.67. The number of aliphatic hydroxyl groups is 1. The summed E-state index contributed by atoms with van der Waals surface area (Å²) in [6, 6.07) is 8.37. The Morgan fingerprint density at radius 3 is 1.64 bits per heavy atom. The van der Waals surface area contributed by atoms with Gasteiger partial charge in [-0.3, -0.25) is 9.59 Å². The summed E-state index contributed by atoms with van der Waals surface area (Å²) in [7, 11) is -4.13. The van der Waals surface area contributed by atoms with Gasteiger partial charge < -0.3 is 25.0 Å². The van der Waals surface area contributed by atoms with E-state index in [4.69, 9.17) is 20.4 Å². The average molecular weight is 386 g/mol. The molecule has 0 atom stereocenters. The molecule has 0 unspecified atom stereocenters. The summed E-state index contributed by atoms with van der Waals surface area (Å²) in [5.74, 6) is -5.44. The van der Waals surface area contributed by atoms with Gasteiger partial charge in [0.05, 0.1) is 28.7 Å². The first kappa shape index (κ1) is 25.7. The zero-order chi connectivity index (χ0) is 19.0. The van der Waals surface area contributed by atoms with Crippen molar-refractivity contribution in [3.8, 4) is 0 Å². The molecule has 0 aliphatic rings. The molecule has 0 spiro atoms. The standard InChI is InChI=1S/C7H8O3S.C6H8O7.Na/c8-11(9,10)6-7-4-2-1-3-5-7;7-3(8)1-6(13,5(11)12)2-4(9)10;/h1-5H,6H2,(H,8,9,10);13H,1-2H2,(H,7,8)(H,9,10)(H,11,12);/q;;+1/p-1. The molecule has 1 aromatic rings. The van der Waals surface area contributed by atoms with Crippen LogP contribution in [0.25, 0.3) is 0 Å². The Hall–Kier alpha value is -1.50. The number of carbonyl (C=O) groups is 3. The Labute approximate surface area is 165 Å². The van der Waals surface area contributed by atoms with E-state index in [1.54, 1.807) is 30.3 Å². The van der Waals surface area contributed by atoms with Gasteiger partial charge in [-0.05, 0) is 5.56 Å². The van der Waals surface area contributed by atoms with Gasteiger partial charge in [0.2, 0.25) is 0 Å². The normalized spacial score (nSPS) is 10.6. The minimum atomic E-state index is -4.13. The predicted molar refractivity (Wildman–Crippen MR) is 76.9 cm³/mol. The fourth-order valence-corrected chi connectivity index (χ4v) is 2.09. The average Bonchev–Trinajstić information content (AvgIpc) is 2.36. The molecule has 0 aromatic heterocycles. The number of carboxylic acids is 3. The fourth-order valence-electron chi connectivity index (χ4n) is 1.49. The van der Waals surface area contributed by atoms with Gasteiger partial charge in [0.1, 0.15) is 0 Å². The summed E-state index contributed by atoms with van der Waals surface area (Å²) in [4.78, 5) is 30.5. The van der Waals surface area contributed by atoms with Crippen molar-refractivity contribution in [2.45, 2.75) is 24.2 Å². The molecule has 0 fully saturated rings. The molecule has 0 aliphatic carbocycles. The van der Waals surface area contributed by atoms with Gasteiger partial charge in [-0.25, -0.2) is 13.2 Å². The van der Waals surface area contributed by atoms with Crippen molar-refractivity contribution in [2.75, 3.05) is 0 Å². The van der Waals surface area contributed by atoms with Gasteiger partial charge in [-0.15, -0.1) is 0 Å². The third-order valence-corrected chi connectivity index (χ3v) is 3.16. The zero-order valence-corrected chi connectivity index (χ0v) is 16.0. The van der Waals surface area contributed by atoms with Crippen molar-refractivity contribution in [1.82, 2.24) is 0 Å². The molecule has 12 heteroatoms. The van der Waals surface area contributed by atoms with E-state index in [1.165, 1.54) is 0 Å². The smallest absolute Gasteiger partial charge is 0.748 e. The SMILES string of the molecule is O=C(O)CC(O)(CC(=O)O)C(=O)O.O=S(=O)([O-])Cc1ccccc1.[Na+]. The molecule has 134 valence electrons. The van der Waals surface area contributed by atoms with Gasteiger partial charge >= 0.3 is 47.5 Å². The molecule has 0 bridgehead atoms. The van der Waals surface area contributed by atoms with Crippen LogP contribution in [-0.4, -0.2) is 56.9 Å². The molecule has 4 N–H and O–H groups in total. The molecule has 0 saturated heterocycles. The molecule has 0 amide bonds. The van der Waals surface area contributed by atoms with E-state index in [0.29, 0.717) is 5.56 Å². The minimum Gasteiger partial charge on any atom is -0.748 e. The van der Waals surface area contributed by atoms with Crippen molar-refractivity contribution >= 4 is 28.0 Å². The minimum absolute atomic E-state index is 0. The molecule has 0 saturated carbocycles. The maximum Gasteiger partial charge on any atom is 1.00 e. The van der Waals surface area contributed by atoms with Crippen LogP contribution < -0.4 is 29.6 Å². The molecule has 10 nitrogen and oxygen atoms in total. The Morgan fingerprint density at radius 1 is 0.960 bits per heavy atom. The van der Waals surface area contributed by atoms with Gasteiger partial charge in [0.25, 0.3) is 0 Å². The number of hydrogen-bond acceptors (Lipinski definition) is 7. The van der Waals surface area contributed by atoms with Crippen LogP contribution in [0.4, 0.5) is 0 Å². The fraction of sp³-hybridized carbons (Fsp3) is 0.308. The quantitative estimate of drug-likeness (QED) is 0.270. The van der Waals surface area contributed by atoms with Gasteiger partial charge in [0, 0.05) is 0 Å². The summed E-state index contributed by atoms with van der Waals surface area (Å²) in [6.07, 6.45) is -2.29. The Balaban J connectivity index is 0. The summed E-state index contributed by atoms with van der Waals surface area (Å²) < 4.78 is 30.7. The maximum atomic E-state index is 10.3. The molecule has 0 aliphatic heterocycles. The topological polar surface area (TPSA) is 189 Å². The van der Waals surface area contributed by atoms with Gasteiger partial charge in [-0.1, -0.05) is 30.3 Å². The van der Waals surface area contributed by atoms with Crippen LogP contribution in [-0.2, 0) is 30.3 Å². The Kier molecular flexibility index (Phi) is 11.5. The van der Waals surface area contributed by atoms with E-state index in [2.05, 4.69) is 0 Å². The van der Waals surface area contributed by atoms with E-state index < -0.39 is 52.2 Å². The van der Waals surface area contributed by atoms with E-state index >= 15 is 0 Å². The molecule has 0 radical (unpaired) electrons. The molecular formula is C13H15NaO10S. The van der Waals surface area contributed by atoms with Gasteiger partial charge in [0.15, 0.2) is 5.60 Å². The molecule has 1 aromatic carbocycles. The van der Waals surface area contributed by atoms with Crippen LogP contribution in [0.1, 0.15) is 18.4 Å². The number of rotatable bonds is 7. The van der Waals surface area contributed by atoms with Crippen molar-refractivity contribution in [1.29, 1.82) is 0 Å². The van der Waals surface area contributed by atoms with Crippen LogP contribution in [0.3, 0.4) is 0 Å². The summed E-state index contributed by atoms with van der Waals surface area (Å²) in [6.45, 7) is 0. The monoisotopic (exact) mass is 386 g/mol. The van der Waals surface area contributed by atoms with Crippen molar-refractivity contribution in [3.63, 3.8) is 0 Å². The summed E-state index contributed by atoms with van der Waals surface area (Å²) in [5, 5.41) is 33.8. The van der Waals surface area contributed by atoms with Crippen LogP contribution in [0.5, 0.6) is 0 Å². The van der Waals surface area contributed by atoms with Crippen molar-refractivity contribution in [3.05, 3.63) is 35.9 Å². The first-order valence-corrected chi connectivity index (χ1v) is 7.80. The van der Waals surface area contributed by atoms with Crippen LogP contribution in [0, 0.1) is 0 Å².